The van der Waals surface area contributed by atoms with Crippen LogP contribution in [0, 0.1) is 0 Å². The van der Waals surface area contributed by atoms with E-state index < -0.39 is 0 Å². The van der Waals surface area contributed by atoms with Gasteiger partial charge in [-0.25, -0.2) is 5.01 Å². The second-order valence-electron chi connectivity index (χ2n) is 7.06. The summed E-state index contributed by atoms with van der Waals surface area (Å²) in [4.78, 5) is 0. The molecule has 128 valence electrons. The van der Waals surface area contributed by atoms with Crippen LogP contribution >= 0.6 is 27.5 Å². The Bertz CT molecular complexity index is 858. The van der Waals surface area contributed by atoms with Crippen LogP contribution in [-0.4, -0.2) is 16.4 Å². The van der Waals surface area contributed by atoms with Gasteiger partial charge in [0.15, 0.2) is 5.72 Å². The maximum atomic E-state index is 6.53. The zero-order chi connectivity index (χ0) is 17.0. The number of nitrogens with zero attached hydrogens (tertiary/aromatic N) is 2. The average Bonchev–Trinajstić information content (AvgIpc) is 3.25. The Balaban J connectivity index is 1.60. The molecule has 0 aromatic heterocycles. The number of benzene rings is 2. The molecule has 1 atom stereocenters. The van der Waals surface area contributed by atoms with Crippen LogP contribution in [0.5, 0.6) is 5.75 Å². The van der Waals surface area contributed by atoms with Gasteiger partial charge in [0.1, 0.15) is 5.75 Å². The normalized spacial score (nSPS) is 23.2. The van der Waals surface area contributed by atoms with E-state index in [0.29, 0.717) is 0 Å². The van der Waals surface area contributed by atoms with Crippen LogP contribution in [0.4, 0.5) is 0 Å². The molecular weight excluding hydrogens is 400 g/mol. The molecule has 0 radical (unpaired) electrons. The Morgan fingerprint density at radius 2 is 1.88 bits per heavy atom. The molecule has 1 fully saturated rings. The molecule has 1 spiro atoms. The van der Waals surface area contributed by atoms with Crippen LogP contribution in [0.3, 0.4) is 0 Å². The highest BCUT2D eigenvalue weighted by molar-refractivity contribution is 9.10. The van der Waals surface area contributed by atoms with Crippen molar-refractivity contribution < 1.29 is 4.74 Å². The van der Waals surface area contributed by atoms with E-state index in [9.17, 15) is 0 Å². The lowest BCUT2D eigenvalue weighted by molar-refractivity contribution is -0.114. The average molecular weight is 418 g/mol. The fraction of sp³-hybridized carbons (Fsp3) is 0.350. The van der Waals surface area contributed by atoms with Crippen LogP contribution in [0.25, 0.3) is 0 Å². The molecule has 3 aliphatic rings. The first-order valence-corrected chi connectivity index (χ1v) is 9.93. The van der Waals surface area contributed by atoms with E-state index >= 15 is 0 Å². The first-order valence-electron chi connectivity index (χ1n) is 8.76. The largest absolute Gasteiger partial charge is 0.466 e. The Labute approximate surface area is 160 Å². The maximum absolute atomic E-state index is 6.53. The van der Waals surface area contributed by atoms with Crippen LogP contribution in [-0.2, 0) is 0 Å². The summed E-state index contributed by atoms with van der Waals surface area (Å²) < 4.78 is 7.61. The standard InChI is InChI=1S/C20H18BrClN2O/c21-14-5-8-19-16(11-14)18-12-17(13-3-6-15(22)7-4-13)23-24(18)20(25-19)9-1-2-10-20/h3-8,11,18H,1-2,9-10,12H2. The maximum Gasteiger partial charge on any atom is 0.198 e. The Morgan fingerprint density at radius 1 is 1.12 bits per heavy atom. The summed E-state index contributed by atoms with van der Waals surface area (Å²) in [6.07, 6.45) is 5.37. The van der Waals surface area contributed by atoms with Crippen molar-refractivity contribution in [3.05, 3.63) is 63.1 Å². The van der Waals surface area contributed by atoms with E-state index in [2.05, 4.69) is 51.3 Å². The Morgan fingerprint density at radius 3 is 2.64 bits per heavy atom. The number of hydrogen-bond donors (Lipinski definition) is 0. The molecule has 0 bridgehead atoms. The highest BCUT2D eigenvalue weighted by atomic mass is 79.9. The minimum Gasteiger partial charge on any atom is -0.466 e. The molecule has 1 unspecified atom stereocenters. The van der Waals surface area contributed by atoms with E-state index in [0.717, 1.165) is 45.8 Å². The molecular formula is C20H18BrClN2O. The molecule has 0 N–H and O–H groups in total. The van der Waals surface area contributed by atoms with E-state index in [1.165, 1.54) is 18.4 Å². The highest BCUT2D eigenvalue weighted by Gasteiger charge is 2.51. The molecule has 1 aliphatic carbocycles. The molecule has 1 saturated carbocycles. The van der Waals surface area contributed by atoms with Gasteiger partial charge >= 0.3 is 0 Å². The molecule has 5 rings (SSSR count). The van der Waals surface area contributed by atoms with Crippen LogP contribution < -0.4 is 4.74 Å². The molecule has 2 aliphatic heterocycles. The van der Waals surface area contributed by atoms with Crippen molar-refractivity contribution in [2.45, 2.75) is 43.9 Å². The van der Waals surface area contributed by atoms with Gasteiger partial charge in [0.25, 0.3) is 0 Å². The van der Waals surface area contributed by atoms with Crippen LogP contribution in [0.1, 0.15) is 49.3 Å². The van der Waals surface area contributed by atoms with Crippen molar-refractivity contribution in [1.29, 1.82) is 0 Å². The summed E-state index contributed by atoms with van der Waals surface area (Å²) in [6, 6.07) is 14.6. The first kappa shape index (κ1) is 15.7. The number of hydrogen-bond acceptors (Lipinski definition) is 3. The molecule has 5 heteroatoms. The Kier molecular flexibility index (Phi) is 3.61. The summed E-state index contributed by atoms with van der Waals surface area (Å²) in [5.74, 6) is 1.01. The number of rotatable bonds is 1. The number of halogens is 2. The van der Waals surface area contributed by atoms with Gasteiger partial charge in [0.05, 0.1) is 11.8 Å². The summed E-state index contributed by atoms with van der Waals surface area (Å²) in [5, 5.41) is 8.04. The van der Waals surface area contributed by atoms with Gasteiger partial charge in [-0.05, 0) is 48.7 Å². The van der Waals surface area contributed by atoms with E-state index in [1.54, 1.807) is 0 Å². The van der Waals surface area contributed by atoms with Gasteiger partial charge in [0.2, 0.25) is 0 Å². The minimum atomic E-state index is -0.278. The van der Waals surface area contributed by atoms with Gasteiger partial charge < -0.3 is 4.74 Å². The van der Waals surface area contributed by atoms with Crippen molar-refractivity contribution in [2.24, 2.45) is 5.10 Å². The van der Waals surface area contributed by atoms with E-state index in [4.69, 9.17) is 21.4 Å². The lowest BCUT2D eigenvalue weighted by atomic mass is 9.94. The zero-order valence-corrected chi connectivity index (χ0v) is 16.1. The second kappa shape index (κ2) is 5.75. The summed E-state index contributed by atoms with van der Waals surface area (Å²) in [6.45, 7) is 0. The van der Waals surface area contributed by atoms with Gasteiger partial charge in [-0.2, -0.15) is 5.10 Å². The molecule has 0 amide bonds. The lowest BCUT2D eigenvalue weighted by Gasteiger charge is -2.45. The smallest absolute Gasteiger partial charge is 0.198 e. The quantitative estimate of drug-likeness (QED) is 0.575. The topological polar surface area (TPSA) is 24.8 Å². The third kappa shape index (κ3) is 2.49. The molecule has 25 heavy (non-hydrogen) atoms. The van der Waals surface area contributed by atoms with Gasteiger partial charge in [-0.3, -0.25) is 0 Å². The number of ether oxygens (including phenoxy) is 1. The highest BCUT2D eigenvalue weighted by Crippen LogP contribution is 2.52. The zero-order valence-electron chi connectivity index (χ0n) is 13.7. The van der Waals surface area contributed by atoms with Gasteiger partial charge in [-0.1, -0.05) is 39.7 Å². The third-order valence-electron chi connectivity index (χ3n) is 5.52. The van der Waals surface area contributed by atoms with Crippen molar-refractivity contribution in [3.8, 4) is 5.75 Å². The minimum absolute atomic E-state index is 0.241. The summed E-state index contributed by atoms with van der Waals surface area (Å²) >= 11 is 9.65. The predicted molar refractivity (Wildman–Crippen MR) is 103 cm³/mol. The van der Waals surface area contributed by atoms with Gasteiger partial charge in [0, 0.05) is 34.3 Å². The van der Waals surface area contributed by atoms with E-state index in [-0.39, 0.29) is 11.8 Å². The summed E-state index contributed by atoms with van der Waals surface area (Å²) in [5.41, 5.74) is 3.20. The summed E-state index contributed by atoms with van der Waals surface area (Å²) in [7, 11) is 0. The van der Waals surface area contributed by atoms with E-state index in [1.807, 2.05) is 12.1 Å². The molecule has 2 aromatic carbocycles. The second-order valence-corrected chi connectivity index (χ2v) is 8.41. The monoisotopic (exact) mass is 416 g/mol. The molecule has 2 aromatic rings. The first-order chi connectivity index (χ1) is 12.1. The van der Waals surface area contributed by atoms with Crippen molar-refractivity contribution in [2.75, 3.05) is 0 Å². The Hall–Kier alpha value is -1.52. The fourth-order valence-corrected chi connectivity index (χ4v) is 4.83. The fourth-order valence-electron chi connectivity index (χ4n) is 4.33. The third-order valence-corrected chi connectivity index (χ3v) is 6.27. The lowest BCUT2D eigenvalue weighted by Crippen LogP contribution is -2.51. The van der Waals surface area contributed by atoms with Gasteiger partial charge in [-0.15, -0.1) is 0 Å². The van der Waals surface area contributed by atoms with Crippen molar-refractivity contribution >= 4 is 33.2 Å². The number of hydrazone groups is 1. The van der Waals surface area contributed by atoms with Crippen molar-refractivity contribution in [3.63, 3.8) is 0 Å². The molecule has 3 nitrogen and oxygen atoms in total. The number of fused-ring (bicyclic) bond motifs is 4. The molecule has 2 heterocycles. The molecule has 0 saturated heterocycles. The SMILES string of the molecule is Clc1ccc(C2=NN3C(C2)c2cc(Br)ccc2OC32CCCC2)cc1. The van der Waals surface area contributed by atoms with Crippen LogP contribution in [0.15, 0.2) is 52.0 Å². The van der Waals surface area contributed by atoms with Crippen molar-refractivity contribution in [1.82, 2.24) is 5.01 Å². The van der Waals surface area contributed by atoms with Crippen LogP contribution in [0.2, 0.25) is 5.02 Å². The predicted octanol–water partition coefficient (Wildman–Crippen LogP) is 5.92.